The average Bonchev–Trinajstić information content (AvgIpc) is 2.31. The Morgan fingerprint density at radius 3 is 3.13 bits per heavy atom. The number of nitrogens with zero attached hydrogens (tertiary/aromatic N) is 1. The summed E-state index contributed by atoms with van der Waals surface area (Å²) in [6.07, 6.45) is 5.60. The lowest BCUT2D eigenvalue weighted by molar-refractivity contribution is -0.131. The summed E-state index contributed by atoms with van der Waals surface area (Å²) in [5.41, 5.74) is 0.465. The van der Waals surface area contributed by atoms with Crippen molar-refractivity contribution in [3.05, 3.63) is 30.1 Å². The lowest BCUT2D eigenvalue weighted by Gasteiger charge is -2.22. The zero-order chi connectivity index (χ0) is 10.5. The number of ether oxygens (including phenoxy) is 2. The topological polar surface area (TPSA) is 48.4 Å². The Morgan fingerprint density at radius 2 is 2.47 bits per heavy atom. The molecule has 0 aliphatic carbocycles. The van der Waals surface area contributed by atoms with Gasteiger partial charge in [-0.2, -0.15) is 0 Å². The van der Waals surface area contributed by atoms with E-state index in [4.69, 9.17) is 9.47 Å². The van der Waals surface area contributed by atoms with Crippen molar-refractivity contribution in [2.45, 2.75) is 25.6 Å². The van der Waals surface area contributed by atoms with Gasteiger partial charge in [0, 0.05) is 18.8 Å². The molecule has 0 spiro atoms. The zero-order valence-corrected chi connectivity index (χ0v) is 8.39. The molecule has 1 aromatic rings. The van der Waals surface area contributed by atoms with Crippen LogP contribution in [0.1, 0.15) is 29.6 Å². The van der Waals surface area contributed by atoms with Gasteiger partial charge in [0.15, 0.2) is 0 Å². The van der Waals surface area contributed by atoms with Crippen molar-refractivity contribution < 1.29 is 14.3 Å². The van der Waals surface area contributed by atoms with Crippen LogP contribution in [0.25, 0.3) is 0 Å². The predicted octanol–water partition coefficient (Wildman–Crippen LogP) is 1.76. The number of carbonyl (C=O) groups is 1. The quantitative estimate of drug-likeness (QED) is 0.693. The second kappa shape index (κ2) is 4.89. The Bertz CT molecular complexity index is 320. The summed E-state index contributed by atoms with van der Waals surface area (Å²) in [5, 5.41) is 0. The van der Waals surface area contributed by atoms with Gasteiger partial charge in [0.2, 0.25) is 6.29 Å². The largest absolute Gasteiger partial charge is 0.432 e. The van der Waals surface area contributed by atoms with E-state index in [1.54, 1.807) is 18.3 Å². The summed E-state index contributed by atoms with van der Waals surface area (Å²) >= 11 is 0. The van der Waals surface area contributed by atoms with E-state index in [2.05, 4.69) is 4.98 Å². The Morgan fingerprint density at radius 1 is 1.53 bits per heavy atom. The lowest BCUT2D eigenvalue weighted by Crippen LogP contribution is -2.25. The van der Waals surface area contributed by atoms with Crippen molar-refractivity contribution in [3.63, 3.8) is 0 Å². The van der Waals surface area contributed by atoms with E-state index < -0.39 is 0 Å². The summed E-state index contributed by atoms with van der Waals surface area (Å²) in [5.74, 6) is -0.366. The van der Waals surface area contributed by atoms with Crippen LogP contribution >= 0.6 is 0 Å². The first-order valence-electron chi connectivity index (χ1n) is 5.09. The molecular weight excluding hydrogens is 194 g/mol. The van der Waals surface area contributed by atoms with Crippen LogP contribution in [0.5, 0.6) is 0 Å². The van der Waals surface area contributed by atoms with E-state index >= 15 is 0 Å². The Hall–Kier alpha value is -1.42. The lowest BCUT2D eigenvalue weighted by atomic mass is 10.2. The van der Waals surface area contributed by atoms with Crippen LogP contribution in [0.4, 0.5) is 0 Å². The first-order valence-corrected chi connectivity index (χ1v) is 5.09. The highest BCUT2D eigenvalue weighted by molar-refractivity contribution is 5.88. The highest BCUT2D eigenvalue weighted by Crippen LogP contribution is 2.15. The normalized spacial score (nSPS) is 20.9. The monoisotopic (exact) mass is 207 g/mol. The second-order valence-electron chi connectivity index (χ2n) is 3.44. The third kappa shape index (κ3) is 2.76. The van der Waals surface area contributed by atoms with Crippen LogP contribution in [-0.4, -0.2) is 23.9 Å². The molecule has 0 aromatic carbocycles. The van der Waals surface area contributed by atoms with Gasteiger partial charge < -0.3 is 9.47 Å². The van der Waals surface area contributed by atoms with Crippen molar-refractivity contribution in [1.29, 1.82) is 0 Å². The highest BCUT2D eigenvalue weighted by atomic mass is 16.7. The van der Waals surface area contributed by atoms with Gasteiger partial charge in [-0.25, -0.2) is 4.79 Å². The van der Waals surface area contributed by atoms with Gasteiger partial charge in [0.25, 0.3) is 0 Å². The maximum atomic E-state index is 11.6. The summed E-state index contributed by atoms with van der Waals surface area (Å²) in [7, 11) is 0. The van der Waals surface area contributed by atoms with Gasteiger partial charge in [-0.3, -0.25) is 4.98 Å². The third-order valence-electron chi connectivity index (χ3n) is 2.27. The second-order valence-corrected chi connectivity index (χ2v) is 3.44. The van der Waals surface area contributed by atoms with Crippen LogP contribution in [-0.2, 0) is 9.47 Å². The molecule has 15 heavy (non-hydrogen) atoms. The highest BCUT2D eigenvalue weighted by Gasteiger charge is 2.18. The zero-order valence-electron chi connectivity index (χ0n) is 8.39. The molecule has 1 fully saturated rings. The molecule has 1 aliphatic rings. The Labute approximate surface area is 88.2 Å². The van der Waals surface area contributed by atoms with Crippen LogP contribution in [0.3, 0.4) is 0 Å². The molecule has 1 aromatic heterocycles. The van der Waals surface area contributed by atoms with E-state index in [0.29, 0.717) is 12.2 Å². The molecule has 2 rings (SSSR count). The van der Waals surface area contributed by atoms with Gasteiger partial charge >= 0.3 is 5.97 Å². The van der Waals surface area contributed by atoms with Gasteiger partial charge in [0.1, 0.15) is 0 Å². The van der Waals surface area contributed by atoms with Gasteiger partial charge in [-0.05, 0) is 25.0 Å². The predicted molar refractivity (Wildman–Crippen MR) is 53.2 cm³/mol. The van der Waals surface area contributed by atoms with Gasteiger partial charge in [-0.15, -0.1) is 0 Å². The summed E-state index contributed by atoms with van der Waals surface area (Å²) in [4.78, 5) is 15.4. The molecule has 1 atom stereocenters. The van der Waals surface area contributed by atoms with Crippen molar-refractivity contribution in [2.24, 2.45) is 0 Å². The smallest absolute Gasteiger partial charge is 0.342 e. The number of hydrogen-bond acceptors (Lipinski definition) is 4. The minimum absolute atomic E-state index is 0.366. The molecule has 0 N–H and O–H groups in total. The number of hydrogen-bond donors (Lipinski definition) is 0. The molecule has 0 bridgehead atoms. The van der Waals surface area contributed by atoms with Crippen molar-refractivity contribution >= 4 is 5.97 Å². The number of esters is 1. The molecule has 0 saturated carbocycles. The average molecular weight is 207 g/mol. The number of rotatable bonds is 2. The van der Waals surface area contributed by atoms with Crippen LogP contribution < -0.4 is 0 Å². The number of carbonyl (C=O) groups excluding carboxylic acids is 1. The van der Waals surface area contributed by atoms with Crippen LogP contribution in [0.15, 0.2) is 24.5 Å². The van der Waals surface area contributed by atoms with Crippen LogP contribution in [0, 0.1) is 0 Å². The Kier molecular flexibility index (Phi) is 3.29. The standard InChI is InChI=1S/C11H13NO3/c13-11(9-4-3-6-12-8-9)15-10-5-1-2-7-14-10/h3-4,6,8,10H,1-2,5,7H2. The minimum Gasteiger partial charge on any atom is -0.432 e. The molecular formula is C11H13NO3. The molecule has 4 nitrogen and oxygen atoms in total. The fourth-order valence-corrected chi connectivity index (χ4v) is 1.48. The van der Waals surface area contributed by atoms with E-state index in [9.17, 15) is 4.79 Å². The first-order chi connectivity index (χ1) is 7.36. The number of pyridine rings is 1. The molecule has 1 saturated heterocycles. The molecule has 1 unspecified atom stereocenters. The van der Waals surface area contributed by atoms with Crippen molar-refractivity contribution in [2.75, 3.05) is 6.61 Å². The fourth-order valence-electron chi connectivity index (χ4n) is 1.48. The van der Waals surface area contributed by atoms with Gasteiger partial charge in [-0.1, -0.05) is 0 Å². The molecule has 4 heteroatoms. The maximum Gasteiger partial charge on any atom is 0.342 e. The first kappa shape index (κ1) is 10.1. The van der Waals surface area contributed by atoms with E-state index in [1.165, 1.54) is 6.20 Å². The Balaban J connectivity index is 1.91. The molecule has 80 valence electrons. The molecule has 2 heterocycles. The van der Waals surface area contributed by atoms with Gasteiger partial charge in [0.05, 0.1) is 12.2 Å². The van der Waals surface area contributed by atoms with Crippen LogP contribution in [0.2, 0.25) is 0 Å². The van der Waals surface area contributed by atoms with E-state index in [-0.39, 0.29) is 12.3 Å². The number of aromatic nitrogens is 1. The molecule has 1 aliphatic heterocycles. The van der Waals surface area contributed by atoms with E-state index in [1.807, 2.05) is 0 Å². The maximum absolute atomic E-state index is 11.6. The summed E-state index contributed by atoms with van der Waals surface area (Å²) in [6, 6.07) is 3.39. The van der Waals surface area contributed by atoms with Crippen molar-refractivity contribution in [1.82, 2.24) is 4.98 Å². The molecule has 0 radical (unpaired) electrons. The molecule has 0 amide bonds. The van der Waals surface area contributed by atoms with E-state index in [0.717, 1.165) is 19.3 Å². The third-order valence-corrected chi connectivity index (χ3v) is 2.27. The summed E-state index contributed by atoms with van der Waals surface area (Å²) < 4.78 is 10.5. The summed E-state index contributed by atoms with van der Waals surface area (Å²) in [6.45, 7) is 0.672. The minimum atomic E-state index is -0.383. The van der Waals surface area contributed by atoms with Crippen molar-refractivity contribution in [3.8, 4) is 0 Å². The fraction of sp³-hybridized carbons (Fsp3) is 0.455. The SMILES string of the molecule is O=C(OC1CCCCO1)c1cccnc1.